The van der Waals surface area contributed by atoms with Gasteiger partial charge in [0.2, 0.25) is 0 Å². The molecule has 1 N–H and O–H groups in total. The van der Waals surface area contributed by atoms with Gasteiger partial charge in [-0.1, -0.05) is 6.92 Å². The summed E-state index contributed by atoms with van der Waals surface area (Å²) < 4.78 is 5.72. The summed E-state index contributed by atoms with van der Waals surface area (Å²) >= 11 is 0. The van der Waals surface area contributed by atoms with Gasteiger partial charge in [-0.15, -0.1) is 0 Å². The summed E-state index contributed by atoms with van der Waals surface area (Å²) in [6.07, 6.45) is 5.01. The molecule has 1 heterocycles. The number of aromatic nitrogens is 2. The first kappa shape index (κ1) is 15.5. The number of carbonyl (C=O) groups is 1. The molecule has 0 spiro atoms. The van der Waals surface area contributed by atoms with Crippen LogP contribution in [0.2, 0.25) is 0 Å². The summed E-state index contributed by atoms with van der Waals surface area (Å²) in [5.74, 6) is 1.79. The molecule has 23 heavy (non-hydrogen) atoms. The number of amides is 1. The lowest BCUT2D eigenvalue weighted by Gasteiger charge is -2.13. The molecule has 1 atom stereocenters. The topological polar surface area (TPSA) is 64.1 Å². The molecule has 5 nitrogen and oxygen atoms in total. The zero-order chi connectivity index (χ0) is 16.2. The first-order valence-corrected chi connectivity index (χ1v) is 8.06. The molecule has 1 aliphatic rings. The van der Waals surface area contributed by atoms with E-state index in [1.165, 1.54) is 0 Å². The summed E-state index contributed by atoms with van der Waals surface area (Å²) in [6, 6.07) is 9.02. The van der Waals surface area contributed by atoms with Crippen LogP contribution in [-0.4, -0.2) is 22.0 Å². The molecule has 1 aromatic carbocycles. The number of nitrogens with one attached hydrogen (secondary N) is 1. The van der Waals surface area contributed by atoms with Crippen LogP contribution in [0, 0.1) is 0 Å². The molecule has 3 rings (SSSR count). The Morgan fingerprint density at radius 2 is 2.04 bits per heavy atom. The van der Waals surface area contributed by atoms with Gasteiger partial charge < -0.3 is 10.1 Å². The molecule has 120 valence electrons. The van der Waals surface area contributed by atoms with Crippen LogP contribution in [0.4, 0.5) is 5.69 Å². The monoisotopic (exact) mass is 311 g/mol. The summed E-state index contributed by atoms with van der Waals surface area (Å²) in [5, 5.41) is 2.85. The summed E-state index contributed by atoms with van der Waals surface area (Å²) in [6.45, 7) is 4.11. The Bertz CT molecular complexity index is 681. The highest BCUT2D eigenvalue weighted by atomic mass is 16.5. The van der Waals surface area contributed by atoms with Gasteiger partial charge >= 0.3 is 0 Å². The Morgan fingerprint density at radius 3 is 2.70 bits per heavy atom. The lowest BCUT2D eigenvalue weighted by atomic mass is 10.2. The number of nitrogens with zero attached hydrogens (tertiary/aromatic N) is 2. The van der Waals surface area contributed by atoms with Gasteiger partial charge in [0.1, 0.15) is 17.3 Å². The Balaban J connectivity index is 1.64. The van der Waals surface area contributed by atoms with Crippen LogP contribution in [0.3, 0.4) is 0 Å². The first-order chi connectivity index (χ1) is 11.2. The predicted octanol–water partition coefficient (Wildman–Crippen LogP) is 3.78. The van der Waals surface area contributed by atoms with Crippen molar-refractivity contribution in [1.29, 1.82) is 0 Å². The number of hydrogen-bond acceptors (Lipinski definition) is 4. The third-order valence-corrected chi connectivity index (χ3v) is 3.87. The fourth-order valence-electron chi connectivity index (χ4n) is 2.17. The van der Waals surface area contributed by atoms with Crippen molar-refractivity contribution in [1.82, 2.24) is 9.97 Å². The second-order valence-corrected chi connectivity index (χ2v) is 5.89. The van der Waals surface area contributed by atoms with E-state index in [1.807, 2.05) is 31.2 Å². The van der Waals surface area contributed by atoms with Gasteiger partial charge in [0.15, 0.2) is 0 Å². The number of ether oxygens (including phenoxy) is 1. The van der Waals surface area contributed by atoms with Crippen LogP contribution in [0.15, 0.2) is 36.5 Å². The first-order valence-electron chi connectivity index (χ1n) is 8.06. The highest BCUT2D eigenvalue weighted by Crippen LogP contribution is 2.37. The third kappa shape index (κ3) is 4.06. The van der Waals surface area contributed by atoms with Crippen LogP contribution in [0.1, 0.15) is 55.3 Å². The third-order valence-electron chi connectivity index (χ3n) is 3.87. The van der Waals surface area contributed by atoms with Crippen LogP contribution in [0.25, 0.3) is 0 Å². The molecule has 1 aliphatic carbocycles. The van der Waals surface area contributed by atoms with Gasteiger partial charge in [-0.2, -0.15) is 0 Å². The zero-order valence-electron chi connectivity index (χ0n) is 13.5. The lowest BCUT2D eigenvalue weighted by Crippen LogP contribution is -2.15. The minimum Gasteiger partial charge on any atom is -0.491 e. The SMILES string of the molecule is CC[C@@H](C)Oc1ccc(NC(=O)c2ccnc(C3CC3)n2)cc1. The van der Waals surface area contributed by atoms with E-state index in [2.05, 4.69) is 22.2 Å². The zero-order valence-corrected chi connectivity index (χ0v) is 13.5. The molecule has 1 saturated carbocycles. The van der Waals surface area contributed by atoms with Crippen molar-refractivity contribution < 1.29 is 9.53 Å². The normalized spacial score (nSPS) is 15.0. The maximum Gasteiger partial charge on any atom is 0.274 e. The van der Waals surface area contributed by atoms with Crippen molar-refractivity contribution in [2.45, 2.75) is 45.1 Å². The minimum atomic E-state index is -0.218. The van der Waals surface area contributed by atoms with Crippen LogP contribution < -0.4 is 10.1 Å². The molecule has 1 fully saturated rings. The molecule has 2 aromatic rings. The second kappa shape index (κ2) is 6.77. The molecular weight excluding hydrogens is 290 g/mol. The number of anilines is 1. The van der Waals surface area contributed by atoms with Gasteiger partial charge in [0.05, 0.1) is 6.10 Å². The Hall–Kier alpha value is -2.43. The van der Waals surface area contributed by atoms with Gasteiger partial charge in [-0.25, -0.2) is 9.97 Å². The van der Waals surface area contributed by atoms with Crippen LogP contribution in [-0.2, 0) is 0 Å². The van der Waals surface area contributed by atoms with E-state index in [1.54, 1.807) is 12.3 Å². The standard InChI is InChI=1S/C18H21N3O2/c1-3-12(2)23-15-8-6-14(7-9-15)20-18(22)16-10-11-19-17(21-16)13-4-5-13/h6-13H,3-5H2,1-2H3,(H,20,22)/t12-/m1/s1. The Labute approximate surface area is 136 Å². The summed E-state index contributed by atoms with van der Waals surface area (Å²) in [4.78, 5) is 20.9. The Morgan fingerprint density at radius 1 is 1.30 bits per heavy atom. The van der Waals surface area contributed by atoms with Crippen molar-refractivity contribution in [3.8, 4) is 5.75 Å². The van der Waals surface area contributed by atoms with Gasteiger partial charge in [-0.3, -0.25) is 4.79 Å². The molecular formula is C18H21N3O2. The molecule has 1 amide bonds. The fraction of sp³-hybridized carbons (Fsp3) is 0.389. The quantitative estimate of drug-likeness (QED) is 0.881. The van der Waals surface area contributed by atoms with Gasteiger partial charge in [0, 0.05) is 17.8 Å². The average molecular weight is 311 g/mol. The van der Waals surface area contributed by atoms with Crippen molar-refractivity contribution in [2.75, 3.05) is 5.32 Å². The smallest absolute Gasteiger partial charge is 0.274 e. The number of carbonyl (C=O) groups excluding carboxylic acids is 1. The molecule has 1 aromatic heterocycles. The van der Waals surface area contributed by atoms with Gasteiger partial charge in [0.25, 0.3) is 5.91 Å². The lowest BCUT2D eigenvalue weighted by molar-refractivity contribution is 0.102. The molecule has 0 radical (unpaired) electrons. The van der Waals surface area contributed by atoms with Crippen molar-refractivity contribution in [3.05, 3.63) is 48.0 Å². The molecule has 0 unspecified atom stereocenters. The van der Waals surface area contributed by atoms with Gasteiger partial charge in [-0.05, 0) is 56.5 Å². The van der Waals surface area contributed by atoms with Crippen molar-refractivity contribution in [2.24, 2.45) is 0 Å². The fourth-order valence-corrected chi connectivity index (χ4v) is 2.17. The highest BCUT2D eigenvalue weighted by Gasteiger charge is 2.27. The predicted molar refractivity (Wildman–Crippen MR) is 88.8 cm³/mol. The molecule has 0 bridgehead atoms. The summed E-state index contributed by atoms with van der Waals surface area (Å²) in [7, 11) is 0. The number of benzene rings is 1. The van der Waals surface area contributed by atoms with Crippen LogP contribution in [0.5, 0.6) is 5.75 Å². The maximum atomic E-state index is 12.3. The Kier molecular flexibility index (Phi) is 4.55. The van der Waals surface area contributed by atoms with E-state index in [0.717, 1.165) is 36.5 Å². The van der Waals surface area contributed by atoms with E-state index in [4.69, 9.17) is 4.74 Å². The van der Waals surface area contributed by atoms with Crippen molar-refractivity contribution in [3.63, 3.8) is 0 Å². The van der Waals surface area contributed by atoms with Crippen LogP contribution >= 0.6 is 0 Å². The minimum absolute atomic E-state index is 0.178. The number of hydrogen-bond donors (Lipinski definition) is 1. The number of rotatable bonds is 6. The van der Waals surface area contributed by atoms with E-state index in [0.29, 0.717) is 11.6 Å². The van der Waals surface area contributed by atoms with E-state index in [-0.39, 0.29) is 12.0 Å². The molecule has 5 heteroatoms. The summed E-state index contributed by atoms with van der Waals surface area (Å²) in [5.41, 5.74) is 1.12. The van der Waals surface area contributed by atoms with E-state index < -0.39 is 0 Å². The second-order valence-electron chi connectivity index (χ2n) is 5.89. The molecule has 0 aliphatic heterocycles. The van der Waals surface area contributed by atoms with E-state index >= 15 is 0 Å². The largest absolute Gasteiger partial charge is 0.491 e. The molecule has 0 saturated heterocycles. The maximum absolute atomic E-state index is 12.3. The highest BCUT2D eigenvalue weighted by molar-refractivity contribution is 6.02. The van der Waals surface area contributed by atoms with E-state index in [9.17, 15) is 4.79 Å². The van der Waals surface area contributed by atoms with Crippen molar-refractivity contribution >= 4 is 11.6 Å². The average Bonchev–Trinajstić information content (AvgIpc) is 3.41.